The molecule has 28 heavy (non-hydrogen) atoms. The van der Waals surface area contributed by atoms with Crippen molar-refractivity contribution in [1.82, 2.24) is 9.97 Å². The summed E-state index contributed by atoms with van der Waals surface area (Å²) in [6.07, 6.45) is 1.75. The van der Waals surface area contributed by atoms with Crippen LogP contribution in [0.5, 0.6) is 5.75 Å². The zero-order valence-electron chi connectivity index (χ0n) is 15.3. The molecule has 1 amide bonds. The van der Waals surface area contributed by atoms with Crippen LogP contribution in [0.4, 0.5) is 10.1 Å². The van der Waals surface area contributed by atoms with Gasteiger partial charge in [0.25, 0.3) is 5.91 Å². The van der Waals surface area contributed by atoms with Gasteiger partial charge in [-0.05, 0) is 43.0 Å². The van der Waals surface area contributed by atoms with Gasteiger partial charge in [-0.3, -0.25) is 4.79 Å². The Bertz CT molecular complexity index is 1070. The molecule has 3 rings (SSSR count). The predicted molar refractivity (Wildman–Crippen MR) is 107 cm³/mol. The van der Waals surface area contributed by atoms with Crippen molar-refractivity contribution in [2.45, 2.75) is 18.6 Å². The molecule has 0 aliphatic rings. The van der Waals surface area contributed by atoms with Crippen molar-refractivity contribution < 1.29 is 13.9 Å². The SMILES string of the molecule is CSc1nc(=O)[nH]c(C)c1C(=O)Nc1cccc(OCc2cccc(F)c2)c1. The minimum absolute atomic E-state index is 0.203. The summed E-state index contributed by atoms with van der Waals surface area (Å²) >= 11 is 1.23. The van der Waals surface area contributed by atoms with Gasteiger partial charge in [0.1, 0.15) is 23.2 Å². The number of hydrogen-bond donors (Lipinski definition) is 2. The summed E-state index contributed by atoms with van der Waals surface area (Å²) in [7, 11) is 0. The second-order valence-corrected chi connectivity index (χ2v) is 6.75. The van der Waals surface area contributed by atoms with E-state index in [9.17, 15) is 14.0 Å². The minimum atomic E-state index is -0.494. The molecule has 0 saturated carbocycles. The molecular formula is C20H18FN3O3S. The number of H-pyrrole nitrogens is 1. The lowest BCUT2D eigenvalue weighted by Crippen LogP contribution is -2.22. The number of rotatable bonds is 6. The summed E-state index contributed by atoms with van der Waals surface area (Å²) in [5.74, 6) is -0.173. The van der Waals surface area contributed by atoms with Crippen molar-refractivity contribution in [3.05, 3.63) is 81.7 Å². The number of halogens is 1. The third-order valence-corrected chi connectivity index (χ3v) is 4.58. The largest absolute Gasteiger partial charge is 0.489 e. The molecule has 0 spiro atoms. The molecule has 8 heteroatoms. The number of aromatic amines is 1. The molecule has 0 bridgehead atoms. The molecule has 0 aliphatic heterocycles. The summed E-state index contributed by atoms with van der Waals surface area (Å²) < 4.78 is 18.9. The molecule has 2 N–H and O–H groups in total. The van der Waals surface area contributed by atoms with Crippen LogP contribution < -0.4 is 15.7 Å². The molecule has 0 saturated heterocycles. The number of amides is 1. The van der Waals surface area contributed by atoms with Crippen molar-refractivity contribution in [2.24, 2.45) is 0 Å². The second kappa shape index (κ2) is 8.71. The number of carbonyl (C=O) groups excluding carboxylic acids is 1. The monoisotopic (exact) mass is 399 g/mol. The van der Waals surface area contributed by atoms with E-state index >= 15 is 0 Å². The quantitative estimate of drug-likeness (QED) is 0.487. The molecule has 1 aromatic heterocycles. The molecule has 2 aromatic carbocycles. The standard InChI is InChI=1S/C20H18FN3O3S/c1-12-17(19(28-2)24-20(26)22-12)18(25)23-15-7-4-8-16(10-15)27-11-13-5-3-6-14(21)9-13/h3-10H,11H2,1-2H3,(H,23,25)(H,22,24,26). The van der Waals surface area contributed by atoms with Crippen molar-refractivity contribution in [3.8, 4) is 5.75 Å². The van der Waals surface area contributed by atoms with Crippen LogP contribution in [0.25, 0.3) is 0 Å². The average Bonchev–Trinajstić information content (AvgIpc) is 2.66. The van der Waals surface area contributed by atoms with Gasteiger partial charge in [-0.25, -0.2) is 9.18 Å². The molecule has 0 aliphatic carbocycles. The number of nitrogens with one attached hydrogen (secondary N) is 2. The normalized spacial score (nSPS) is 10.5. The van der Waals surface area contributed by atoms with Crippen LogP contribution in [0.15, 0.2) is 58.4 Å². The average molecular weight is 399 g/mol. The summed E-state index contributed by atoms with van der Waals surface area (Å²) in [6, 6.07) is 13.0. The third-order valence-electron chi connectivity index (χ3n) is 3.89. The van der Waals surface area contributed by atoms with Crippen LogP contribution in [-0.2, 0) is 6.61 Å². The van der Waals surface area contributed by atoms with Gasteiger partial charge < -0.3 is 15.0 Å². The highest BCUT2D eigenvalue weighted by atomic mass is 32.2. The highest BCUT2D eigenvalue weighted by Gasteiger charge is 2.17. The van der Waals surface area contributed by atoms with E-state index in [1.807, 2.05) is 0 Å². The summed E-state index contributed by atoms with van der Waals surface area (Å²) in [5, 5.41) is 3.15. The smallest absolute Gasteiger partial charge is 0.346 e. The third kappa shape index (κ3) is 4.77. The zero-order valence-corrected chi connectivity index (χ0v) is 16.1. The molecule has 0 atom stereocenters. The van der Waals surface area contributed by atoms with Crippen LogP contribution in [0, 0.1) is 12.7 Å². The molecule has 0 unspecified atom stereocenters. The predicted octanol–water partition coefficient (Wildman–Crippen LogP) is 3.77. The summed E-state index contributed by atoms with van der Waals surface area (Å²) in [5.41, 5.74) is 1.50. The minimum Gasteiger partial charge on any atom is -0.489 e. The highest BCUT2D eigenvalue weighted by Crippen LogP contribution is 2.22. The molecular weight excluding hydrogens is 381 g/mol. The number of carbonyl (C=O) groups is 1. The lowest BCUT2D eigenvalue weighted by molar-refractivity contribution is 0.102. The first-order valence-electron chi connectivity index (χ1n) is 8.40. The van der Waals surface area contributed by atoms with Crippen LogP contribution in [0.2, 0.25) is 0 Å². The first-order chi connectivity index (χ1) is 13.5. The van der Waals surface area contributed by atoms with Gasteiger partial charge in [-0.2, -0.15) is 4.98 Å². The Morgan fingerprint density at radius 2 is 2.04 bits per heavy atom. The van der Waals surface area contributed by atoms with Crippen molar-refractivity contribution in [2.75, 3.05) is 11.6 Å². The first-order valence-corrected chi connectivity index (χ1v) is 9.62. The van der Waals surface area contributed by atoms with Crippen LogP contribution in [0.3, 0.4) is 0 Å². The number of anilines is 1. The Kier molecular flexibility index (Phi) is 6.10. The van der Waals surface area contributed by atoms with E-state index in [1.54, 1.807) is 49.6 Å². The van der Waals surface area contributed by atoms with E-state index in [4.69, 9.17) is 4.74 Å². The molecule has 1 heterocycles. The first kappa shape index (κ1) is 19.6. The number of hydrogen-bond acceptors (Lipinski definition) is 5. The van der Waals surface area contributed by atoms with E-state index in [0.717, 1.165) is 0 Å². The molecule has 0 radical (unpaired) electrons. The Morgan fingerprint density at radius 1 is 1.25 bits per heavy atom. The molecule has 6 nitrogen and oxygen atoms in total. The van der Waals surface area contributed by atoms with E-state index in [0.29, 0.717) is 33.3 Å². The second-order valence-electron chi connectivity index (χ2n) is 5.95. The van der Waals surface area contributed by atoms with E-state index in [1.165, 1.54) is 23.9 Å². The number of benzene rings is 2. The fraction of sp³-hybridized carbons (Fsp3) is 0.150. The number of nitrogens with zero attached hydrogens (tertiary/aromatic N) is 1. The van der Waals surface area contributed by atoms with Crippen LogP contribution in [0.1, 0.15) is 21.6 Å². The Labute approximate surface area is 165 Å². The summed E-state index contributed by atoms with van der Waals surface area (Å²) in [4.78, 5) is 30.6. The van der Waals surface area contributed by atoms with Gasteiger partial charge in [-0.15, -0.1) is 11.8 Å². The highest BCUT2D eigenvalue weighted by molar-refractivity contribution is 7.98. The van der Waals surface area contributed by atoms with Crippen molar-refractivity contribution >= 4 is 23.4 Å². The van der Waals surface area contributed by atoms with Crippen LogP contribution >= 0.6 is 11.8 Å². The van der Waals surface area contributed by atoms with Crippen molar-refractivity contribution in [1.29, 1.82) is 0 Å². The zero-order chi connectivity index (χ0) is 20.1. The van der Waals surface area contributed by atoms with E-state index in [2.05, 4.69) is 15.3 Å². The van der Waals surface area contributed by atoms with Crippen LogP contribution in [-0.4, -0.2) is 22.1 Å². The maximum atomic E-state index is 13.2. The Morgan fingerprint density at radius 3 is 2.79 bits per heavy atom. The number of aromatic nitrogens is 2. The van der Waals surface area contributed by atoms with Gasteiger partial charge >= 0.3 is 5.69 Å². The fourth-order valence-electron chi connectivity index (χ4n) is 2.63. The van der Waals surface area contributed by atoms with Crippen molar-refractivity contribution in [3.63, 3.8) is 0 Å². The Hall–Kier alpha value is -3.13. The molecule has 0 fully saturated rings. The lowest BCUT2D eigenvalue weighted by atomic mass is 10.2. The lowest BCUT2D eigenvalue weighted by Gasteiger charge is -2.12. The maximum absolute atomic E-state index is 13.2. The van der Waals surface area contributed by atoms with Gasteiger partial charge in [-0.1, -0.05) is 18.2 Å². The topological polar surface area (TPSA) is 84.1 Å². The van der Waals surface area contributed by atoms with E-state index < -0.39 is 5.69 Å². The van der Waals surface area contributed by atoms with Gasteiger partial charge in [0.15, 0.2) is 0 Å². The number of ether oxygens (including phenoxy) is 1. The molecule has 144 valence electrons. The Balaban J connectivity index is 1.74. The number of thioether (sulfide) groups is 1. The van der Waals surface area contributed by atoms with Gasteiger partial charge in [0.05, 0.1) is 5.56 Å². The maximum Gasteiger partial charge on any atom is 0.346 e. The molecule has 3 aromatic rings. The van der Waals surface area contributed by atoms with Gasteiger partial charge in [0, 0.05) is 17.4 Å². The summed E-state index contributed by atoms with van der Waals surface area (Å²) in [6.45, 7) is 1.85. The number of aryl methyl sites for hydroxylation is 1. The van der Waals surface area contributed by atoms with Gasteiger partial charge in [0.2, 0.25) is 0 Å². The van der Waals surface area contributed by atoms with E-state index in [-0.39, 0.29) is 18.3 Å². The fourth-order valence-corrected chi connectivity index (χ4v) is 3.25.